The number of aromatic nitrogens is 4. The van der Waals surface area contributed by atoms with Crippen molar-refractivity contribution in [2.24, 2.45) is 0 Å². The van der Waals surface area contributed by atoms with Gasteiger partial charge in [0.15, 0.2) is 0 Å². The Labute approximate surface area is 234 Å². The van der Waals surface area contributed by atoms with Crippen LogP contribution in [0.2, 0.25) is 0 Å². The first-order valence-corrected chi connectivity index (χ1v) is 10.8. The summed E-state index contributed by atoms with van der Waals surface area (Å²) in [5, 5.41) is 37.0. The third-order valence-corrected chi connectivity index (χ3v) is 5.24. The van der Waals surface area contributed by atoms with Gasteiger partial charge in [-0.15, -0.1) is 0 Å². The van der Waals surface area contributed by atoms with Crippen molar-refractivity contribution in [1.29, 1.82) is 21.0 Å². The highest BCUT2D eigenvalue weighted by Gasteiger charge is 2.42. The first-order valence-electron chi connectivity index (χ1n) is 10.8. The second kappa shape index (κ2) is 11.1. The van der Waals surface area contributed by atoms with Crippen LogP contribution >= 0.6 is 0 Å². The molecule has 0 unspecified atom stereocenters. The van der Waals surface area contributed by atoms with Gasteiger partial charge in [0, 0.05) is 10.4 Å². The number of hydrogen-bond acceptors (Lipinski definition) is 8. The van der Waals surface area contributed by atoms with Crippen LogP contribution in [-0.2, 0) is 24.7 Å². The van der Waals surface area contributed by atoms with Crippen LogP contribution < -0.4 is 10.4 Å². The minimum absolute atomic E-state index is 0.0695. The SMILES string of the molecule is N#C/C(c1cc(C(F)(F)F)nc(C(F)(F)F)n1)=c1/cc/c(=C(/C#N)c2cc(C(F)(F)F)nc(C(F)(F)F)n2)c(C#N)c1C#N. The molecule has 1 aromatic carbocycles. The van der Waals surface area contributed by atoms with Crippen LogP contribution in [0.1, 0.15) is 45.6 Å². The normalized spacial score (nSPS) is 13.6. The quantitative estimate of drug-likeness (QED) is 0.375. The summed E-state index contributed by atoms with van der Waals surface area (Å²) in [5.74, 6) is -4.67. The third-order valence-electron chi connectivity index (χ3n) is 5.24. The maximum absolute atomic E-state index is 13.3. The van der Waals surface area contributed by atoms with Gasteiger partial charge in [-0.25, -0.2) is 19.9 Å². The molecule has 2 heterocycles. The fourth-order valence-corrected chi connectivity index (χ4v) is 3.46. The Kier molecular flexibility index (Phi) is 8.30. The van der Waals surface area contributed by atoms with E-state index < -0.39 is 91.8 Å². The van der Waals surface area contributed by atoms with Crippen molar-refractivity contribution in [2.75, 3.05) is 0 Å². The molecule has 3 rings (SSSR count). The summed E-state index contributed by atoms with van der Waals surface area (Å²) in [6.45, 7) is 0. The number of halogens is 12. The van der Waals surface area contributed by atoms with Crippen LogP contribution in [0.25, 0.3) is 11.1 Å². The number of nitrogens with zero attached hydrogens (tertiary/aromatic N) is 8. The monoisotopic (exact) mass is 632 g/mol. The first-order chi connectivity index (χ1) is 20.2. The molecule has 224 valence electrons. The van der Waals surface area contributed by atoms with Crippen molar-refractivity contribution >= 4 is 11.1 Å². The van der Waals surface area contributed by atoms with E-state index in [0.717, 1.165) is 0 Å². The van der Waals surface area contributed by atoms with Gasteiger partial charge in [-0.05, 0) is 12.1 Å². The van der Waals surface area contributed by atoms with Gasteiger partial charge < -0.3 is 0 Å². The van der Waals surface area contributed by atoms with Crippen molar-refractivity contribution in [3.63, 3.8) is 0 Å². The van der Waals surface area contributed by atoms with Crippen molar-refractivity contribution in [3.8, 4) is 24.3 Å². The van der Waals surface area contributed by atoms with Crippen LogP contribution in [0.4, 0.5) is 52.7 Å². The van der Waals surface area contributed by atoms with E-state index in [1.165, 1.54) is 24.3 Å². The number of rotatable bonds is 2. The first kappa shape index (κ1) is 32.8. The highest BCUT2D eigenvalue weighted by molar-refractivity contribution is 5.79. The van der Waals surface area contributed by atoms with E-state index in [9.17, 15) is 73.7 Å². The minimum Gasteiger partial charge on any atom is -0.224 e. The number of benzene rings is 1. The second-order valence-electron chi connectivity index (χ2n) is 8.02. The maximum Gasteiger partial charge on any atom is 0.451 e. The highest BCUT2D eigenvalue weighted by atomic mass is 19.4. The van der Waals surface area contributed by atoms with Crippen LogP contribution in [0.3, 0.4) is 0 Å². The molecule has 8 nitrogen and oxygen atoms in total. The number of hydrogen-bond donors (Lipinski definition) is 0. The van der Waals surface area contributed by atoms with Crippen LogP contribution in [0, 0.1) is 45.3 Å². The molecule has 0 radical (unpaired) electrons. The highest BCUT2D eigenvalue weighted by Crippen LogP contribution is 2.34. The zero-order valence-electron chi connectivity index (χ0n) is 20.4. The van der Waals surface area contributed by atoms with E-state index in [2.05, 4.69) is 19.9 Å². The molecule has 3 aromatic rings. The molecular weight excluding hydrogens is 628 g/mol. The van der Waals surface area contributed by atoms with Gasteiger partial charge >= 0.3 is 24.7 Å². The van der Waals surface area contributed by atoms with Gasteiger partial charge in [0.05, 0.1) is 33.7 Å². The molecule has 20 heteroatoms. The predicted molar refractivity (Wildman–Crippen MR) is 115 cm³/mol. The van der Waals surface area contributed by atoms with Crippen molar-refractivity contribution < 1.29 is 52.7 Å². The molecule has 0 saturated heterocycles. The Morgan fingerprint density at radius 1 is 0.500 bits per heavy atom. The van der Waals surface area contributed by atoms with Crippen LogP contribution in [-0.4, -0.2) is 19.9 Å². The predicted octanol–water partition coefficient (Wildman–Crippen LogP) is 4.53. The van der Waals surface area contributed by atoms with E-state index in [1.54, 1.807) is 0 Å². The summed E-state index contributed by atoms with van der Waals surface area (Å²) < 4.78 is 159. The summed E-state index contributed by atoms with van der Waals surface area (Å²) in [7, 11) is 0. The summed E-state index contributed by atoms with van der Waals surface area (Å²) in [6, 6.07) is 6.23. The molecular formula is C24H4F12N8. The smallest absolute Gasteiger partial charge is 0.224 e. The van der Waals surface area contributed by atoms with E-state index >= 15 is 0 Å². The fourth-order valence-electron chi connectivity index (χ4n) is 3.46. The Morgan fingerprint density at radius 3 is 1.05 bits per heavy atom. The largest absolute Gasteiger partial charge is 0.451 e. The Bertz CT molecular complexity index is 1750. The van der Waals surface area contributed by atoms with E-state index in [-0.39, 0.29) is 12.1 Å². The summed E-state index contributed by atoms with van der Waals surface area (Å²) in [5.41, 5.74) is -11.3. The summed E-state index contributed by atoms with van der Waals surface area (Å²) >= 11 is 0. The fraction of sp³-hybridized carbons (Fsp3) is 0.167. The zero-order chi connectivity index (χ0) is 33.4. The van der Waals surface area contributed by atoms with Gasteiger partial charge in [-0.3, -0.25) is 0 Å². The van der Waals surface area contributed by atoms with Gasteiger partial charge in [0.1, 0.15) is 35.7 Å². The Balaban J connectivity index is 2.56. The zero-order valence-corrected chi connectivity index (χ0v) is 20.4. The van der Waals surface area contributed by atoms with Crippen LogP contribution in [0.15, 0.2) is 24.3 Å². The Hall–Kier alpha value is -5.76. The van der Waals surface area contributed by atoms with E-state index in [1.807, 2.05) is 0 Å². The van der Waals surface area contributed by atoms with Gasteiger partial charge in [-0.2, -0.15) is 73.7 Å². The van der Waals surface area contributed by atoms with Gasteiger partial charge in [-0.1, -0.05) is 12.1 Å². The van der Waals surface area contributed by atoms with Crippen molar-refractivity contribution in [2.45, 2.75) is 24.7 Å². The molecule has 0 saturated carbocycles. The molecule has 0 bridgehead atoms. The van der Waals surface area contributed by atoms with Gasteiger partial charge in [0.2, 0.25) is 11.6 Å². The maximum atomic E-state index is 13.3. The lowest BCUT2D eigenvalue weighted by Crippen LogP contribution is -2.25. The molecule has 0 atom stereocenters. The lowest BCUT2D eigenvalue weighted by atomic mass is 9.96. The molecule has 2 aromatic heterocycles. The number of alkyl halides is 12. The van der Waals surface area contributed by atoms with Gasteiger partial charge in [0.25, 0.3) is 0 Å². The average molecular weight is 632 g/mol. The second-order valence-corrected chi connectivity index (χ2v) is 8.02. The molecule has 0 aliphatic carbocycles. The van der Waals surface area contributed by atoms with Crippen molar-refractivity contribution in [1.82, 2.24) is 19.9 Å². The van der Waals surface area contributed by atoms with Crippen molar-refractivity contribution in [3.05, 3.63) is 80.3 Å². The summed E-state index contributed by atoms with van der Waals surface area (Å²) in [4.78, 5) is 10.6. The van der Waals surface area contributed by atoms with E-state index in [4.69, 9.17) is 0 Å². The lowest BCUT2D eigenvalue weighted by molar-refractivity contribution is -0.154. The molecule has 0 aliphatic rings. The molecule has 0 aliphatic heterocycles. The standard InChI is InChI=1S/C24H4F12N8/c25-21(26,27)17-3-15(41-19(43-17)23(31,32)33)13(7-39)9-1-2-10(12(6-38)11(9)5-37)14(8-40)16-4-18(22(28,29)30)44-20(42-16)24(34,35)36/h1-4H/b13-9+,14-10+. The minimum atomic E-state index is -5.56. The van der Waals surface area contributed by atoms with Crippen LogP contribution in [0.5, 0.6) is 0 Å². The third kappa shape index (κ3) is 6.50. The van der Waals surface area contributed by atoms with E-state index in [0.29, 0.717) is 12.1 Å². The molecule has 0 fully saturated rings. The number of nitriles is 4. The lowest BCUT2D eigenvalue weighted by Gasteiger charge is -2.12. The Morgan fingerprint density at radius 2 is 0.818 bits per heavy atom. The average Bonchev–Trinajstić information content (AvgIpc) is 2.91. The molecule has 44 heavy (non-hydrogen) atoms. The topological polar surface area (TPSA) is 147 Å². The molecule has 0 amide bonds. The molecule has 0 N–H and O–H groups in total. The molecule has 0 spiro atoms. The summed E-state index contributed by atoms with van der Waals surface area (Å²) in [6.07, 6.45) is -22.1.